The Labute approximate surface area is 98.8 Å². The number of hydrogen-bond donors (Lipinski definition) is 0. The molecule has 1 heterocycles. The van der Waals surface area contributed by atoms with E-state index in [1.165, 1.54) is 0 Å². The highest BCUT2D eigenvalue weighted by Crippen LogP contribution is 2.21. The van der Waals surface area contributed by atoms with Crippen LogP contribution in [0.4, 0.5) is 0 Å². The zero-order chi connectivity index (χ0) is 12.1. The molecule has 0 aliphatic rings. The Kier molecular flexibility index (Phi) is 3.05. The van der Waals surface area contributed by atoms with Gasteiger partial charge in [0.05, 0.1) is 6.26 Å². The Morgan fingerprint density at radius 2 is 1.94 bits per heavy atom. The molecule has 0 unspecified atom stereocenters. The van der Waals surface area contributed by atoms with Crippen molar-refractivity contribution in [1.29, 1.82) is 10.5 Å². The van der Waals surface area contributed by atoms with Crippen molar-refractivity contribution >= 4 is 6.08 Å². The van der Waals surface area contributed by atoms with Gasteiger partial charge in [-0.25, -0.2) is 0 Å². The lowest BCUT2D eigenvalue weighted by Gasteiger charge is -1.98. The molecule has 0 amide bonds. The number of furan rings is 1. The second-order valence-electron chi connectivity index (χ2n) is 3.38. The van der Waals surface area contributed by atoms with E-state index in [4.69, 9.17) is 14.9 Å². The van der Waals surface area contributed by atoms with Crippen LogP contribution in [0.15, 0.2) is 52.7 Å². The van der Waals surface area contributed by atoms with Crippen molar-refractivity contribution < 1.29 is 4.42 Å². The fourth-order valence-electron chi connectivity index (χ4n) is 1.48. The van der Waals surface area contributed by atoms with Crippen LogP contribution in [-0.4, -0.2) is 0 Å². The number of nitrogens with zero attached hydrogens (tertiary/aromatic N) is 2. The summed E-state index contributed by atoms with van der Waals surface area (Å²) in [4.78, 5) is 0. The normalized spacial score (nSPS) is 9.06. The predicted molar refractivity (Wildman–Crippen MR) is 63.3 cm³/mol. The third-order valence-electron chi connectivity index (χ3n) is 2.24. The minimum atomic E-state index is 0.0848. The van der Waals surface area contributed by atoms with Gasteiger partial charge in [-0.15, -0.1) is 0 Å². The monoisotopic (exact) mass is 220 g/mol. The van der Waals surface area contributed by atoms with Crippen LogP contribution in [0.3, 0.4) is 0 Å². The Bertz CT molecular complexity index is 609. The van der Waals surface area contributed by atoms with Crippen LogP contribution in [0.25, 0.3) is 17.4 Å². The summed E-state index contributed by atoms with van der Waals surface area (Å²) in [5.74, 6) is 0.760. The minimum absolute atomic E-state index is 0.0848. The van der Waals surface area contributed by atoms with Crippen LogP contribution >= 0.6 is 0 Å². The fourth-order valence-corrected chi connectivity index (χ4v) is 1.48. The van der Waals surface area contributed by atoms with E-state index in [1.54, 1.807) is 12.3 Å². The van der Waals surface area contributed by atoms with Gasteiger partial charge in [0.1, 0.15) is 23.5 Å². The van der Waals surface area contributed by atoms with Gasteiger partial charge in [-0.3, -0.25) is 0 Å². The van der Waals surface area contributed by atoms with Gasteiger partial charge in [-0.1, -0.05) is 18.2 Å². The summed E-state index contributed by atoms with van der Waals surface area (Å²) >= 11 is 0. The smallest absolute Gasteiger partial charge is 0.133 e. The maximum Gasteiger partial charge on any atom is 0.133 e. The van der Waals surface area contributed by atoms with E-state index in [2.05, 4.69) is 0 Å². The van der Waals surface area contributed by atoms with E-state index in [-0.39, 0.29) is 5.57 Å². The molecule has 2 aromatic rings. The molecular formula is C14H8N2O. The molecule has 0 fully saturated rings. The van der Waals surface area contributed by atoms with E-state index >= 15 is 0 Å². The van der Waals surface area contributed by atoms with Crippen molar-refractivity contribution in [3.05, 3.63) is 53.8 Å². The Morgan fingerprint density at radius 3 is 2.59 bits per heavy atom. The molecule has 0 atom stereocenters. The second kappa shape index (κ2) is 4.83. The number of hydrogen-bond acceptors (Lipinski definition) is 3. The minimum Gasteiger partial charge on any atom is -0.464 e. The molecule has 3 nitrogen and oxygen atoms in total. The SMILES string of the molecule is N#CC(C#N)=Cc1cccc(-c2ccco2)c1. The predicted octanol–water partition coefficient (Wildman–Crippen LogP) is 3.38. The van der Waals surface area contributed by atoms with Crippen LogP contribution in [0.5, 0.6) is 0 Å². The molecule has 0 N–H and O–H groups in total. The summed E-state index contributed by atoms with van der Waals surface area (Å²) < 4.78 is 5.28. The number of rotatable bonds is 2. The van der Waals surface area contributed by atoms with Crippen LogP contribution in [-0.2, 0) is 0 Å². The van der Waals surface area contributed by atoms with Gasteiger partial charge in [0.25, 0.3) is 0 Å². The average molecular weight is 220 g/mol. The number of nitriles is 2. The van der Waals surface area contributed by atoms with Gasteiger partial charge in [-0.05, 0) is 29.8 Å². The lowest BCUT2D eigenvalue weighted by atomic mass is 10.1. The van der Waals surface area contributed by atoms with Crippen molar-refractivity contribution in [3.8, 4) is 23.5 Å². The van der Waals surface area contributed by atoms with E-state index in [1.807, 2.05) is 48.5 Å². The van der Waals surface area contributed by atoms with Crippen molar-refractivity contribution in [1.82, 2.24) is 0 Å². The molecule has 0 saturated carbocycles. The van der Waals surface area contributed by atoms with Crippen LogP contribution in [0.2, 0.25) is 0 Å². The summed E-state index contributed by atoms with van der Waals surface area (Å²) in [5.41, 5.74) is 1.80. The molecule has 0 aliphatic carbocycles. The molecule has 3 heteroatoms. The van der Waals surface area contributed by atoms with Gasteiger partial charge < -0.3 is 4.42 Å². The van der Waals surface area contributed by atoms with Crippen LogP contribution in [0.1, 0.15) is 5.56 Å². The largest absolute Gasteiger partial charge is 0.464 e. The molecule has 1 aromatic carbocycles. The van der Waals surface area contributed by atoms with Crippen molar-refractivity contribution in [2.24, 2.45) is 0 Å². The molecule has 1 aromatic heterocycles. The third kappa shape index (κ3) is 2.42. The zero-order valence-electron chi connectivity index (χ0n) is 8.92. The Morgan fingerprint density at radius 1 is 1.12 bits per heavy atom. The van der Waals surface area contributed by atoms with E-state index in [0.29, 0.717) is 0 Å². The Hall–Kier alpha value is -2.78. The molecule has 80 valence electrons. The first-order valence-electron chi connectivity index (χ1n) is 4.99. The summed E-state index contributed by atoms with van der Waals surface area (Å²) in [6.07, 6.45) is 3.15. The topological polar surface area (TPSA) is 60.7 Å². The first-order chi connectivity index (χ1) is 8.33. The molecule has 0 radical (unpaired) electrons. The van der Waals surface area contributed by atoms with Gasteiger partial charge in [0, 0.05) is 5.56 Å². The third-order valence-corrected chi connectivity index (χ3v) is 2.24. The van der Waals surface area contributed by atoms with Gasteiger partial charge in [-0.2, -0.15) is 10.5 Å². The lowest BCUT2D eigenvalue weighted by Crippen LogP contribution is -1.78. The Balaban J connectivity index is 2.41. The summed E-state index contributed by atoms with van der Waals surface area (Å²) in [6, 6.07) is 14.8. The molecular weight excluding hydrogens is 212 g/mol. The molecule has 0 spiro atoms. The molecule has 0 saturated heterocycles. The van der Waals surface area contributed by atoms with Crippen LogP contribution < -0.4 is 0 Å². The summed E-state index contributed by atoms with van der Waals surface area (Å²) in [7, 11) is 0. The zero-order valence-corrected chi connectivity index (χ0v) is 8.92. The standard InChI is InChI=1S/C14H8N2O/c15-9-12(10-16)7-11-3-1-4-13(8-11)14-5-2-6-17-14/h1-8H. The van der Waals surface area contributed by atoms with Gasteiger partial charge >= 0.3 is 0 Å². The van der Waals surface area contributed by atoms with Crippen molar-refractivity contribution in [2.75, 3.05) is 0 Å². The van der Waals surface area contributed by atoms with E-state index in [0.717, 1.165) is 16.9 Å². The summed E-state index contributed by atoms with van der Waals surface area (Å²) in [5, 5.41) is 17.4. The fraction of sp³-hybridized carbons (Fsp3) is 0. The van der Waals surface area contributed by atoms with Crippen molar-refractivity contribution in [2.45, 2.75) is 0 Å². The highest BCUT2D eigenvalue weighted by molar-refractivity contribution is 5.67. The van der Waals surface area contributed by atoms with Gasteiger partial charge in [0.2, 0.25) is 0 Å². The summed E-state index contributed by atoms with van der Waals surface area (Å²) in [6.45, 7) is 0. The maximum absolute atomic E-state index is 8.68. The highest BCUT2D eigenvalue weighted by Gasteiger charge is 2.01. The number of benzene rings is 1. The van der Waals surface area contributed by atoms with E-state index in [9.17, 15) is 0 Å². The highest BCUT2D eigenvalue weighted by atomic mass is 16.3. The average Bonchev–Trinajstić information content (AvgIpc) is 2.90. The van der Waals surface area contributed by atoms with E-state index < -0.39 is 0 Å². The first kappa shape index (κ1) is 10.7. The molecule has 0 bridgehead atoms. The van der Waals surface area contributed by atoms with Gasteiger partial charge in [0.15, 0.2) is 0 Å². The number of allylic oxidation sites excluding steroid dienone is 1. The van der Waals surface area contributed by atoms with Crippen LogP contribution in [0, 0.1) is 22.7 Å². The first-order valence-corrected chi connectivity index (χ1v) is 4.99. The maximum atomic E-state index is 8.68. The lowest BCUT2D eigenvalue weighted by molar-refractivity contribution is 0.582. The molecule has 17 heavy (non-hydrogen) atoms. The van der Waals surface area contributed by atoms with Crippen molar-refractivity contribution in [3.63, 3.8) is 0 Å². The second-order valence-corrected chi connectivity index (χ2v) is 3.38. The molecule has 2 rings (SSSR count). The quantitative estimate of drug-likeness (QED) is 0.729. The molecule has 0 aliphatic heterocycles.